The van der Waals surface area contributed by atoms with E-state index in [9.17, 15) is 9.59 Å². The van der Waals surface area contributed by atoms with Gasteiger partial charge in [0, 0.05) is 25.6 Å². The molecule has 0 radical (unpaired) electrons. The molecule has 7 heteroatoms. The lowest BCUT2D eigenvalue weighted by molar-refractivity contribution is -0.128. The largest absolute Gasteiger partial charge is 0.352 e. The van der Waals surface area contributed by atoms with Gasteiger partial charge in [-0.25, -0.2) is 9.67 Å². The van der Waals surface area contributed by atoms with Crippen molar-refractivity contribution in [2.75, 3.05) is 7.05 Å². The Morgan fingerprint density at radius 1 is 1.38 bits per heavy atom. The second-order valence-corrected chi connectivity index (χ2v) is 6.55. The highest BCUT2D eigenvalue weighted by atomic mass is 16.2. The molecule has 0 saturated carbocycles. The van der Waals surface area contributed by atoms with Crippen LogP contribution in [0.2, 0.25) is 0 Å². The highest BCUT2D eigenvalue weighted by molar-refractivity contribution is 5.90. The van der Waals surface area contributed by atoms with Crippen molar-refractivity contribution in [3.63, 3.8) is 0 Å². The van der Waals surface area contributed by atoms with Crippen molar-refractivity contribution in [1.82, 2.24) is 25.0 Å². The monoisotopic (exact) mass is 327 g/mol. The first-order chi connectivity index (χ1) is 11.4. The first-order valence-corrected chi connectivity index (χ1v) is 7.88. The standard InChI is InChI=1S/C17H21N5O2/c1-17(2)13(8-15(23)21(17)3)16(24)19-9-12-6-4-5-7-14(12)22-11-18-10-20-22/h4-7,10-11,13H,8-9H2,1-3H3,(H,19,24)/t13-/m1/s1. The molecule has 1 fully saturated rings. The number of aromatic nitrogens is 3. The van der Waals surface area contributed by atoms with Gasteiger partial charge >= 0.3 is 0 Å². The maximum atomic E-state index is 12.6. The fraction of sp³-hybridized carbons (Fsp3) is 0.412. The van der Waals surface area contributed by atoms with Gasteiger partial charge in [-0.05, 0) is 25.5 Å². The van der Waals surface area contributed by atoms with Gasteiger partial charge in [-0.1, -0.05) is 18.2 Å². The minimum Gasteiger partial charge on any atom is -0.352 e. The summed E-state index contributed by atoms with van der Waals surface area (Å²) in [5.41, 5.74) is 1.33. The predicted octanol–water partition coefficient (Wildman–Crippen LogP) is 1.14. The SMILES string of the molecule is CN1C(=O)C[C@H](C(=O)NCc2ccccc2-n2cncn2)C1(C)C. The van der Waals surface area contributed by atoms with Gasteiger partial charge in [0.1, 0.15) is 12.7 Å². The lowest BCUT2D eigenvalue weighted by Gasteiger charge is -2.32. The molecule has 126 valence electrons. The van der Waals surface area contributed by atoms with E-state index < -0.39 is 5.54 Å². The first-order valence-electron chi connectivity index (χ1n) is 7.88. The van der Waals surface area contributed by atoms with E-state index in [1.165, 1.54) is 6.33 Å². The van der Waals surface area contributed by atoms with Crippen LogP contribution in [-0.4, -0.2) is 44.1 Å². The molecular weight excluding hydrogens is 306 g/mol. The van der Waals surface area contributed by atoms with Gasteiger partial charge < -0.3 is 10.2 Å². The molecule has 2 amide bonds. The maximum absolute atomic E-state index is 12.6. The molecule has 1 atom stereocenters. The molecule has 24 heavy (non-hydrogen) atoms. The van der Waals surface area contributed by atoms with Gasteiger partial charge in [-0.3, -0.25) is 9.59 Å². The lowest BCUT2D eigenvalue weighted by atomic mass is 9.88. The fourth-order valence-electron chi connectivity index (χ4n) is 3.05. The van der Waals surface area contributed by atoms with Gasteiger partial charge in [-0.2, -0.15) is 5.10 Å². The van der Waals surface area contributed by atoms with Crippen LogP contribution in [0.3, 0.4) is 0 Å². The number of para-hydroxylation sites is 1. The molecule has 1 aliphatic heterocycles. The third kappa shape index (κ3) is 2.77. The number of rotatable bonds is 4. The zero-order chi connectivity index (χ0) is 17.3. The number of carbonyl (C=O) groups excluding carboxylic acids is 2. The van der Waals surface area contributed by atoms with Crippen LogP contribution < -0.4 is 5.32 Å². The second-order valence-electron chi connectivity index (χ2n) is 6.55. The topological polar surface area (TPSA) is 80.1 Å². The van der Waals surface area contributed by atoms with Crippen LogP contribution in [-0.2, 0) is 16.1 Å². The Morgan fingerprint density at radius 2 is 2.12 bits per heavy atom. The molecule has 1 aliphatic rings. The van der Waals surface area contributed by atoms with Crippen molar-refractivity contribution in [3.05, 3.63) is 42.5 Å². The Balaban J connectivity index is 1.73. The fourth-order valence-corrected chi connectivity index (χ4v) is 3.05. The van der Waals surface area contributed by atoms with E-state index in [1.54, 1.807) is 23.0 Å². The zero-order valence-corrected chi connectivity index (χ0v) is 14.1. The van der Waals surface area contributed by atoms with E-state index in [-0.39, 0.29) is 24.2 Å². The van der Waals surface area contributed by atoms with Gasteiger partial charge in [0.2, 0.25) is 11.8 Å². The summed E-state index contributed by atoms with van der Waals surface area (Å²) in [6.07, 6.45) is 3.34. The molecule has 7 nitrogen and oxygen atoms in total. The molecule has 1 aromatic carbocycles. The van der Waals surface area contributed by atoms with Gasteiger partial charge in [0.05, 0.1) is 11.6 Å². The number of likely N-dealkylation sites (tertiary alicyclic amines) is 1. The Bertz CT molecular complexity index is 754. The number of benzene rings is 1. The maximum Gasteiger partial charge on any atom is 0.226 e. The number of nitrogens with one attached hydrogen (secondary N) is 1. The number of hydrogen-bond donors (Lipinski definition) is 1. The van der Waals surface area contributed by atoms with Crippen molar-refractivity contribution < 1.29 is 9.59 Å². The average molecular weight is 327 g/mol. The molecule has 2 aromatic rings. The van der Waals surface area contributed by atoms with Crippen LogP contribution in [0.25, 0.3) is 5.69 Å². The average Bonchev–Trinajstić information content (AvgIpc) is 3.16. The molecule has 0 unspecified atom stereocenters. The van der Waals surface area contributed by atoms with Crippen molar-refractivity contribution in [3.8, 4) is 5.69 Å². The third-order valence-electron chi connectivity index (χ3n) is 4.90. The molecule has 0 aliphatic carbocycles. The van der Waals surface area contributed by atoms with Crippen LogP contribution in [0.15, 0.2) is 36.9 Å². The molecule has 0 spiro atoms. The highest BCUT2D eigenvalue weighted by Crippen LogP contribution is 2.34. The van der Waals surface area contributed by atoms with E-state index in [0.29, 0.717) is 6.54 Å². The highest BCUT2D eigenvalue weighted by Gasteiger charge is 2.47. The van der Waals surface area contributed by atoms with Crippen LogP contribution in [0.1, 0.15) is 25.8 Å². The van der Waals surface area contributed by atoms with Gasteiger partial charge in [0.25, 0.3) is 0 Å². The summed E-state index contributed by atoms with van der Waals surface area (Å²) >= 11 is 0. The summed E-state index contributed by atoms with van der Waals surface area (Å²) in [5, 5.41) is 7.10. The van der Waals surface area contributed by atoms with Crippen molar-refractivity contribution in [2.45, 2.75) is 32.4 Å². The van der Waals surface area contributed by atoms with E-state index >= 15 is 0 Å². The normalized spacial score (nSPS) is 19.5. The van der Waals surface area contributed by atoms with Crippen LogP contribution >= 0.6 is 0 Å². The first kappa shape index (κ1) is 16.2. The second kappa shape index (κ2) is 6.07. The molecular formula is C17H21N5O2. The van der Waals surface area contributed by atoms with Gasteiger partial charge in [-0.15, -0.1) is 0 Å². The molecule has 0 bridgehead atoms. The summed E-state index contributed by atoms with van der Waals surface area (Å²) in [4.78, 5) is 30.1. The minimum atomic E-state index is -0.480. The summed E-state index contributed by atoms with van der Waals surface area (Å²) in [7, 11) is 1.75. The van der Waals surface area contributed by atoms with Crippen LogP contribution in [0.5, 0.6) is 0 Å². The third-order valence-corrected chi connectivity index (χ3v) is 4.90. The Labute approximate surface area is 140 Å². The molecule has 1 saturated heterocycles. The number of carbonyl (C=O) groups is 2. The van der Waals surface area contributed by atoms with Crippen LogP contribution in [0, 0.1) is 5.92 Å². The Morgan fingerprint density at radius 3 is 2.75 bits per heavy atom. The molecule has 3 rings (SSSR count). The molecule has 1 aromatic heterocycles. The lowest BCUT2D eigenvalue weighted by Crippen LogP contribution is -2.46. The smallest absolute Gasteiger partial charge is 0.226 e. The number of nitrogens with zero attached hydrogens (tertiary/aromatic N) is 4. The Hall–Kier alpha value is -2.70. The van der Waals surface area contributed by atoms with Crippen LogP contribution in [0.4, 0.5) is 0 Å². The van der Waals surface area contributed by atoms with E-state index in [0.717, 1.165) is 11.3 Å². The van der Waals surface area contributed by atoms with E-state index in [4.69, 9.17) is 0 Å². The van der Waals surface area contributed by atoms with Gasteiger partial charge in [0.15, 0.2) is 0 Å². The van der Waals surface area contributed by atoms with E-state index in [2.05, 4.69) is 15.4 Å². The van der Waals surface area contributed by atoms with Crippen molar-refractivity contribution in [1.29, 1.82) is 0 Å². The molecule has 2 heterocycles. The number of hydrogen-bond acceptors (Lipinski definition) is 4. The molecule has 1 N–H and O–H groups in total. The van der Waals surface area contributed by atoms with Crippen molar-refractivity contribution >= 4 is 11.8 Å². The quantitative estimate of drug-likeness (QED) is 0.913. The summed E-state index contributed by atoms with van der Waals surface area (Å²) < 4.78 is 1.66. The van der Waals surface area contributed by atoms with Crippen molar-refractivity contribution in [2.24, 2.45) is 5.92 Å². The summed E-state index contributed by atoms with van der Waals surface area (Å²) in [5.74, 6) is -0.456. The zero-order valence-electron chi connectivity index (χ0n) is 14.1. The number of amides is 2. The minimum absolute atomic E-state index is 0.00293. The summed E-state index contributed by atoms with van der Waals surface area (Å²) in [6, 6.07) is 7.69. The Kier molecular flexibility index (Phi) is 4.09. The predicted molar refractivity (Wildman–Crippen MR) is 88.2 cm³/mol. The van der Waals surface area contributed by atoms with E-state index in [1.807, 2.05) is 38.1 Å². The summed E-state index contributed by atoms with van der Waals surface area (Å²) in [6.45, 7) is 4.22.